The highest BCUT2D eigenvalue weighted by Gasteiger charge is 2.31. The van der Waals surface area contributed by atoms with Gasteiger partial charge >= 0.3 is 6.09 Å². The fourth-order valence-corrected chi connectivity index (χ4v) is 3.64. The average molecular weight is 431 g/mol. The van der Waals surface area contributed by atoms with Crippen LogP contribution in [-0.2, 0) is 17.7 Å². The van der Waals surface area contributed by atoms with E-state index in [0.29, 0.717) is 18.7 Å². The number of amides is 2. The number of aromatic nitrogens is 1. The number of rotatable bonds is 2. The van der Waals surface area contributed by atoms with Crippen molar-refractivity contribution in [1.82, 2.24) is 15.2 Å². The minimum Gasteiger partial charge on any atom is -0.490 e. The van der Waals surface area contributed by atoms with Gasteiger partial charge in [0.15, 0.2) is 0 Å². The number of nitrogens with zero attached hydrogens (tertiary/aromatic N) is 2. The summed E-state index contributed by atoms with van der Waals surface area (Å²) in [5.74, 6) is -1.95. The van der Waals surface area contributed by atoms with Crippen LogP contribution in [0.15, 0.2) is 24.3 Å². The lowest BCUT2D eigenvalue weighted by Gasteiger charge is -2.30. The monoisotopic (exact) mass is 431 g/mol. The SMILES string of the molecule is CC(C)(C)OC(=O)N1CCc2ccc(C(=O)NC3COc4cc(F)cc(F)c43)nc2C1. The highest BCUT2D eigenvalue weighted by molar-refractivity contribution is 5.92. The van der Waals surface area contributed by atoms with Gasteiger partial charge in [0, 0.05) is 18.7 Å². The summed E-state index contributed by atoms with van der Waals surface area (Å²) < 4.78 is 38.3. The zero-order chi connectivity index (χ0) is 22.3. The van der Waals surface area contributed by atoms with Crippen molar-refractivity contribution in [3.63, 3.8) is 0 Å². The Labute approximate surface area is 178 Å². The average Bonchev–Trinajstić information content (AvgIpc) is 3.08. The van der Waals surface area contributed by atoms with E-state index in [0.717, 1.165) is 17.7 Å². The molecule has 0 bridgehead atoms. The van der Waals surface area contributed by atoms with Gasteiger partial charge in [-0.2, -0.15) is 0 Å². The lowest BCUT2D eigenvalue weighted by atomic mass is 10.0. The molecule has 0 saturated carbocycles. The maximum absolute atomic E-state index is 14.2. The first-order chi connectivity index (χ1) is 14.6. The Morgan fingerprint density at radius 1 is 1.26 bits per heavy atom. The fraction of sp³-hybridized carbons (Fsp3) is 0.409. The Kier molecular flexibility index (Phi) is 5.28. The molecule has 1 aromatic carbocycles. The van der Waals surface area contributed by atoms with Crippen LogP contribution in [-0.4, -0.2) is 40.6 Å². The van der Waals surface area contributed by atoms with E-state index in [9.17, 15) is 18.4 Å². The molecule has 1 atom stereocenters. The summed E-state index contributed by atoms with van der Waals surface area (Å²) in [6.07, 6.45) is 0.168. The van der Waals surface area contributed by atoms with Crippen molar-refractivity contribution >= 4 is 12.0 Å². The first kappa shape index (κ1) is 21.0. The number of halogens is 2. The molecule has 1 aromatic heterocycles. The molecule has 7 nitrogen and oxygen atoms in total. The number of hydrogen-bond acceptors (Lipinski definition) is 5. The maximum Gasteiger partial charge on any atom is 0.410 e. The zero-order valence-electron chi connectivity index (χ0n) is 17.5. The van der Waals surface area contributed by atoms with Gasteiger partial charge in [0.1, 0.15) is 35.3 Å². The van der Waals surface area contributed by atoms with Gasteiger partial charge in [0.25, 0.3) is 5.91 Å². The largest absolute Gasteiger partial charge is 0.490 e. The van der Waals surface area contributed by atoms with Crippen LogP contribution in [0.3, 0.4) is 0 Å². The van der Waals surface area contributed by atoms with Gasteiger partial charge in [0.05, 0.1) is 23.8 Å². The van der Waals surface area contributed by atoms with Crippen LogP contribution < -0.4 is 10.1 Å². The van der Waals surface area contributed by atoms with Crippen molar-refractivity contribution in [2.24, 2.45) is 0 Å². The minimum atomic E-state index is -0.774. The van der Waals surface area contributed by atoms with E-state index < -0.39 is 35.3 Å². The molecule has 0 aliphatic carbocycles. The van der Waals surface area contributed by atoms with Gasteiger partial charge in [-0.15, -0.1) is 0 Å². The predicted octanol–water partition coefficient (Wildman–Crippen LogP) is 3.52. The van der Waals surface area contributed by atoms with E-state index in [1.54, 1.807) is 37.8 Å². The first-order valence-corrected chi connectivity index (χ1v) is 10.00. The molecule has 2 aliphatic heterocycles. The lowest BCUT2D eigenvalue weighted by molar-refractivity contribution is 0.0221. The van der Waals surface area contributed by atoms with E-state index >= 15 is 0 Å². The Balaban J connectivity index is 1.48. The van der Waals surface area contributed by atoms with Crippen molar-refractivity contribution in [3.8, 4) is 5.75 Å². The number of benzene rings is 1. The third kappa shape index (κ3) is 4.45. The third-order valence-electron chi connectivity index (χ3n) is 5.06. The van der Waals surface area contributed by atoms with Gasteiger partial charge in [0.2, 0.25) is 0 Å². The van der Waals surface area contributed by atoms with Crippen LogP contribution in [0.1, 0.15) is 54.1 Å². The number of carbonyl (C=O) groups is 2. The number of carbonyl (C=O) groups excluding carboxylic acids is 2. The van der Waals surface area contributed by atoms with Gasteiger partial charge in [-0.25, -0.2) is 18.6 Å². The number of hydrogen-bond donors (Lipinski definition) is 1. The topological polar surface area (TPSA) is 80.8 Å². The fourth-order valence-electron chi connectivity index (χ4n) is 3.64. The lowest BCUT2D eigenvalue weighted by Crippen LogP contribution is -2.40. The smallest absolute Gasteiger partial charge is 0.410 e. The first-order valence-electron chi connectivity index (χ1n) is 10.00. The molecule has 4 rings (SSSR count). The van der Waals surface area contributed by atoms with Crippen LogP contribution in [0.2, 0.25) is 0 Å². The predicted molar refractivity (Wildman–Crippen MR) is 107 cm³/mol. The minimum absolute atomic E-state index is 0.00118. The molecular weight excluding hydrogens is 408 g/mol. The molecule has 0 saturated heterocycles. The highest BCUT2D eigenvalue weighted by atomic mass is 19.1. The molecule has 0 fully saturated rings. The van der Waals surface area contributed by atoms with Crippen molar-refractivity contribution in [2.75, 3.05) is 13.2 Å². The quantitative estimate of drug-likeness (QED) is 0.787. The van der Waals surface area contributed by atoms with Gasteiger partial charge < -0.3 is 19.7 Å². The third-order valence-corrected chi connectivity index (χ3v) is 5.06. The van der Waals surface area contributed by atoms with Crippen LogP contribution >= 0.6 is 0 Å². The van der Waals surface area contributed by atoms with E-state index in [-0.39, 0.29) is 30.2 Å². The highest BCUT2D eigenvalue weighted by Crippen LogP contribution is 2.35. The molecule has 0 radical (unpaired) electrons. The summed E-state index contributed by atoms with van der Waals surface area (Å²) in [6.45, 7) is 6.12. The van der Waals surface area contributed by atoms with Crippen LogP contribution in [0.5, 0.6) is 5.75 Å². The van der Waals surface area contributed by atoms with Crippen molar-refractivity contribution < 1.29 is 27.8 Å². The van der Waals surface area contributed by atoms with E-state index in [1.807, 2.05) is 0 Å². The van der Waals surface area contributed by atoms with Crippen molar-refractivity contribution in [2.45, 2.75) is 45.4 Å². The second-order valence-electron chi connectivity index (χ2n) is 8.59. The number of nitrogens with one attached hydrogen (secondary N) is 1. The number of ether oxygens (including phenoxy) is 2. The number of fused-ring (bicyclic) bond motifs is 2. The molecule has 1 N–H and O–H groups in total. The zero-order valence-corrected chi connectivity index (χ0v) is 17.5. The molecule has 2 aliphatic rings. The molecule has 31 heavy (non-hydrogen) atoms. The molecule has 164 valence electrons. The summed E-state index contributed by atoms with van der Waals surface area (Å²) in [7, 11) is 0. The normalized spacial score (nSPS) is 17.5. The molecule has 0 spiro atoms. The van der Waals surface area contributed by atoms with Crippen LogP contribution in [0.25, 0.3) is 0 Å². The Bertz CT molecular complexity index is 1050. The van der Waals surface area contributed by atoms with Crippen molar-refractivity contribution in [1.29, 1.82) is 0 Å². The van der Waals surface area contributed by atoms with Crippen LogP contribution in [0, 0.1) is 11.6 Å². The molecule has 1 unspecified atom stereocenters. The summed E-state index contributed by atoms with van der Waals surface area (Å²) in [4.78, 5) is 31.1. The van der Waals surface area contributed by atoms with Crippen molar-refractivity contribution in [3.05, 3.63) is 58.4 Å². The van der Waals surface area contributed by atoms with Gasteiger partial charge in [-0.3, -0.25) is 4.79 Å². The molecular formula is C22H23F2N3O4. The van der Waals surface area contributed by atoms with Gasteiger partial charge in [-0.05, 0) is 38.8 Å². The summed E-state index contributed by atoms with van der Waals surface area (Å²) >= 11 is 0. The van der Waals surface area contributed by atoms with Gasteiger partial charge in [-0.1, -0.05) is 6.07 Å². The van der Waals surface area contributed by atoms with E-state index in [2.05, 4.69) is 10.3 Å². The Morgan fingerprint density at radius 3 is 2.77 bits per heavy atom. The second kappa shape index (κ2) is 7.79. The molecule has 2 amide bonds. The maximum atomic E-state index is 14.2. The molecule has 3 heterocycles. The summed E-state index contributed by atoms with van der Waals surface area (Å²) in [5.41, 5.74) is 1.21. The van der Waals surface area contributed by atoms with E-state index in [4.69, 9.17) is 9.47 Å². The van der Waals surface area contributed by atoms with Crippen LogP contribution in [0.4, 0.5) is 13.6 Å². The summed E-state index contributed by atoms with van der Waals surface area (Å²) in [5, 5.41) is 2.69. The second-order valence-corrected chi connectivity index (χ2v) is 8.59. The molecule has 9 heteroatoms. The Hall–Kier alpha value is -3.23. The standard InChI is InChI=1S/C22H23F2N3O4/c1-22(2,3)31-21(29)27-7-6-12-4-5-15(25-16(12)10-27)20(28)26-17-11-30-18-9-13(23)8-14(24)19(17)18/h4-5,8-9,17H,6-7,10-11H2,1-3H3,(H,26,28). The Morgan fingerprint density at radius 2 is 2.03 bits per heavy atom. The van der Waals surface area contributed by atoms with E-state index in [1.165, 1.54) is 0 Å². The summed E-state index contributed by atoms with van der Waals surface area (Å²) in [6, 6.07) is 4.50. The molecule has 2 aromatic rings. The number of pyridine rings is 1.